The van der Waals surface area contributed by atoms with E-state index in [0.717, 1.165) is 76.1 Å². The fraction of sp³-hybridized carbons (Fsp3) is 0.487. The Balaban J connectivity index is 0.00000288. The van der Waals surface area contributed by atoms with Gasteiger partial charge in [-0.3, -0.25) is 19.4 Å². The van der Waals surface area contributed by atoms with Crippen LogP contribution in [-0.4, -0.2) is 54.3 Å². The molecule has 0 aromatic heterocycles. The van der Waals surface area contributed by atoms with Crippen LogP contribution in [0.1, 0.15) is 91.1 Å². The number of ketones is 1. The van der Waals surface area contributed by atoms with Crippen LogP contribution in [0, 0.1) is 5.92 Å². The lowest BCUT2D eigenvalue weighted by molar-refractivity contribution is -0.148. The van der Waals surface area contributed by atoms with Crippen LogP contribution >= 0.6 is 24.8 Å². The maximum atomic E-state index is 13.1. The van der Waals surface area contributed by atoms with E-state index >= 15 is 0 Å². The highest BCUT2D eigenvalue weighted by Gasteiger charge is 2.31. The number of halogens is 2. The number of rotatable bonds is 12. The molecule has 250 valence electrons. The van der Waals surface area contributed by atoms with Gasteiger partial charge in [-0.1, -0.05) is 66.7 Å². The molecule has 0 spiro atoms. The normalized spacial score (nSPS) is 16.0. The van der Waals surface area contributed by atoms with Crippen molar-refractivity contribution < 1.29 is 14.3 Å². The Morgan fingerprint density at radius 3 is 2.15 bits per heavy atom. The standard InChI is InChI=1S/C39H50N2O3.2ClH/c1-4-44-38(43)39(2,3)36-14-8-13-32(26-36)29-40-22-18-30(19-23-40)12-9-15-37(42)35-17-16-33-20-24-41(25-21-34(33)27-35)28-31-10-6-5-7-11-31;;/h5-8,10-11,13-14,16-17,26-27,30H,4,9,12,15,18-25,28-29H2,1-3H3;2*1H. The first-order valence-electron chi connectivity index (χ1n) is 16.7. The number of nitrogens with zero attached hydrogens (tertiary/aromatic N) is 2. The van der Waals surface area contributed by atoms with Crippen molar-refractivity contribution in [1.29, 1.82) is 0 Å². The highest BCUT2D eigenvalue weighted by Crippen LogP contribution is 2.28. The maximum Gasteiger partial charge on any atom is 0.315 e. The number of carbonyl (C=O) groups is 2. The lowest BCUT2D eigenvalue weighted by Crippen LogP contribution is -2.34. The summed E-state index contributed by atoms with van der Waals surface area (Å²) in [5.74, 6) is 0.807. The number of hydrogen-bond acceptors (Lipinski definition) is 5. The van der Waals surface area contributed by atoms with Gasteiger partial charge in [0, 0.05) is 38.2 Å². The van der Waals surface area contributed by atoms with Crippen LogP contribution in [0.2, 0.25) is 0 Å². The summed E-state index contributed by atoms with van der Waals surface area (Å²) in [6.45, 7) is 12.3. The number of carbonyl (C=O) groups excluding carboxylic acids is 2. The second kappa shape index (κ2) is 18.0. The van der Waals surface area contributed by atoms with Crippen LogP contribution < -0.4 is 0 Å². The molecule has 0 bridgehead atoms. The van der Waals surface area contributed by atoms with E-state index in [0.29, 0.717) is 24.7 Å². The minimum Gasteiger partial charge on any atom is -0.465 e. The molecule has 2 aliphatic rings. The summed E-state index contributed by atoms with van der Waals surface area (Å²) >= 11 is 0. The molecule has 2 heterocycles. The van der Waals surface area contributed by atoms with Gasteiger partial charge in [0.25, 0.3) is 0 Å². The molecule has 1 saturated heterocycles. The second-order valence-electron chi connectivity index (χ2n) is 13.3. The number of Topliss-reactive ketones (excluding diaryl/α,β-unsaturated/α-hetero) is 1. The number of ether oxygens (including phenoxy) is 1. The van der Waals surface area contributed by atoms with Crippen molar-refractivity contribution in [1.82, 2.24) is 9.80 Å². The zero-order valence-corrected chi connectivity index (χ0v) is 29.5. The van der Waals surface area contributed by atoms with Crippen LogP contribution in [-0.2, 0) is 40.9 Å². The molecule has 0 amide bonds. The van der Waals surface area contributed by atoms with E-state index in [9.17, 15) is 9.59 Å². The summed E-state index contributed by atoms with van der Waals surface area (Å²) in [6, 6.07) is 25.6. The van der Waals surface area contributed by atoms with E-state index in [1.165, 1.54) is 35.1 Å². The average molecular weight is 668 g/mol. The molecular formula is C39H52Cl2N2O3. The minimum absolute atomic E-state index is 0. The van der Waals surface area contributed by atoms with Crippen molar-refractivity contribution in [3.8, 4) is 0 Å². The summed E-state index contributed by atoms with van der Waals surface area (Å²) in [4.78, 5) is 30.7. The maximum absolute atomic E-state index is 13.1. The van der Waals surface area contributed by atoms with E-state index in [1.54, 1.807) is 0 Å². The van der Waals surface area contributed by atoms with Crippen LogP contribution in [0.25, 0.3) is 0 Å². The largest absolute Gasteiger partial charge is 0.465 e. The predicted molar refractivity (Wildman–Crippen MR) is 192 cm³/mol. The molecule has 1 fully saturated rings. The van der Waals surface area contributed by atoms with Gasteiger partial charge in [0.15, 0.2) is 5.78 Å². The van der Waals surface area contributed by atoms with E-state index < -0.39 is 5.41 Å². The second-order valence-corrected chi connectivity index (χ2v) is 13.3. The lowest BCUT2D eigenvalue weighted by Gasteiger charge is -2.32. The van der Waals surface area contributed by atoms with Crippen LogP contribution in [0.3, 0.4) is 0 Å². The van der Waals surface area contributed by atoms with Crippen molar-refractivity contribution in [2.75, 3.05) is 32.8 Å². The first-order chi connectivity index (χ1) is 21.3. The number of likely N-dealkylation sites (tertiary alicyclic amines) is 1. The lowest BCUT2D eigenvalue weighted by atomic mass is 9.84. The fourth-order valence-corrected chi connectivity index (χ4v) is 6.82. The fourth-order valence-electron chi connectivity index (χ4n) is 6.82. The zero-order chi connectivity index (χ0) is 30.9. The summed E-state index contributed by atoms with van der Waals surface area (Å²) in [5, 5.41) is 0. The Bertz CT molecular complexity index is 1400. The van der Waals surface area contributed by atoms with Gasteiger partial charge < -0.3 is 4.74 Å². The third-order valence-electron chi connectivity index (χ3n) is 9.74. The zero-order valence-electron chi connectivity index (χ0n) is 27.8. The molecular weight excluding hydrogens is 615 g/mol. The van der Waals surface area contributed by atoms with Crippen LogP contribution in [0.5, 0.6) is 0 Å². The third kappa shape index (κ3) is 10.1. The summed E-state index contributed by atoms with van der Waals surface area (Å²) in [6.07, 6.45) is 7.16. The van der Waals surface area contributed by atoms with Gasteiger partial charge in [-0.25, -0.2) is 0 Å². The van der Waals surface area contributed by atoms with Crippen molar-refractivity contribution in [2.24, 2.45) is 5.92 Å². The third-order valence-corrected chi connectivity index (χ3v) is 9.74. The number of piperidine rings is 1. The van der Waals surface area contributed by atoms with Crippen molar-refractivity contribution >= 4 is 36.6 Å². The van der Waals surface area contributed by atoms with Crippen LogP contribution in [0.4, 0.5) is 0 Å². The van der Waals surface area contributed by atoms with Gasteiger partial charge in [-0.2, -0.15) is 0 Å². The van der Waals surface area contributed by atoms with E-state index in [4.69, 9.17) is 4.74 Å². The van der Waals surface area contributed by atoms with Gasteiger partial charge in [-0.15, -0.1) is 24.8 Å². The molecule has 46 heavy (non-hydrogen) atoms. The summed E-state index contributed by atoms with van der Waals surface area (Å²) in [5.41, 5.74) is 6.61. The first kappa shape index (κ1) is 37.8. The molecule has 0 saturated carbocycles. The van der Waals surface area contributed by atoms with Crippen molar-refractivity contribution in [2.45, 2.75) is 84.2 Å². The molecule has 0 atom stereocenters. The van der Waals surface area contributed by atoms with Crippen molar-refractivity contribution in [3.63, 3.8) is 0 Å². The molecule has 2 aliphatic heterocycles. The Morgan fingerprint density at radius 2 is 1.43 bits per heavy atom. The minimum atomic E-state index is -0.654. The van der Waals surface area contributed by atoms with E-state index in [1.807, 2.05) is 26.8 Å². The Labute approximate surface area is 288 Å². The quantitative estimate of drug-likeness (QED) is 0.144. The number of benzene rings is 3. The molecule has 5 nitrogen and oxygen atoms in total. The topological polar surface area (TPSA) is 49.9 Å². The Morgan fingerprint density at radius 1 is 0.783 bits per heavy atom. The first-order valence-corrected chi connectivity index (χ1v) is 16.7. The molecule has 3 aromatic rings. The monoisotopic (exact) mass is 666 g/mol. The molecule has 0 radical (unpaired) electrons. The predicted octanol–water partition coefficient (Wildman–Crippen LogP) is 8.24. The number of hydrogen-bond donors (Lipinski definition) is 0. The molecule has 7 heteroatoms. The van der Waals surface area contributed by atoms with Gasteiger partial charge in [0.05, 0.1) is 12.0 Å². The van der Waals surface area contributed by atoms with Gasteiger partial charge in [-0.05, 0) is 112 Å². The summed E-state index contributed by atoms with van der Waals surface area (Å²) in [7, 11) is 0. The highest BCUT2D eigenvalue weighted by atomic mass is 35.5. The number of fused-ring (bicyclic) bond motifs is 1. The number of esters is 1. The molecule has 0 unspecified atom stereocenters. The van der Waals surface area contributed by atoms with Gasteiger partial charge in [0.1, 0.15) is 0 Å². The molecule has 0 aliphatic carbocycles. The van der Waals surface area contributed by atoms with Gasteiger partial charge >= 0.3 is 5.97 Å². The van der Waals surface area contributed by atoms with Gasteiger partial charge in [0.2, 0.25) is 0 Å². The smallest absolute Gasteiger partial charge is 0.315 e. The van der Waals surface area contributed by atoms with Crippen molar-refractivity contribution in [3.05, 3.63) is 106 Å². The average Bonchev–Trinajstić information content (AvgIpc) is 3.24. The molecule has 5 rings (SSSR count). The Hall–Kier alpha value is -2.70. The van der Waals surface area contributed by atoms with E-state index in [2.05, 4.69) is 76.5 Å². The molecule has 3 aromatic carbocycles. The molecule has 0 N–H and O–H groups in total. The Kier molecular flexibility index (Phi) is 14.8. The van der Waals surface area contributed by atoms with Crippen LogP contribution in [0.15, 0.2) is 72.8 Å². The SMILES string of the molecule is CCOC(=O)C(C)(C)c1cccc(CN2CCC(CCCC(=O)c3ccc4c(c3)CCN(Cc3ccccc3)CC4)CC2)c1.Cl.Cl. The summed E-state index contributed by atoms with van der Waals surface area (Å²) < 4.78 is 5.31. The highest BCUT2D eigenvalue weighted by molar-refractivity contribution is 5.96. The van der Waals surface area contributed by atoms with E-state index in [-0.39, 0.29) is 30.8 Å².